The van der Waals surface area contributed by atoms with E-state index in [2.05, 4.69) is 21.9 Å². The summed E-state index contributed by atoms with van der Waals surface area (Å²) in [5, 5.41) is 2.73. The highest BCUT2D eigenvalue weighted by atomic mass is 35.5. The Balaban J connectivity index is 2.15. The second kappa shape index (κ2) is 6.33. The van der Waals surface area contributed by atoms with Gasteiger partial charge in [0.15, 0.2) is 0 Å². The lowest BCUT2D eigenvalue weighted by molar-refractivity contribution is 0.523. The number of halogens is 1. The van der Waals surface area contributed by atoms with E-state index < -0.39 is 0 Å². The zero-order chi connectivity index (χ0) is 13.0. The van der Waals surface area contributed by atoms with Crippen molar-refractivity contribution < 1.29 is 0 Å². The number of aromatic nitrogens is 2. The molecule has 0 aromatic carbocycles. The monoisotopic (exact) mass is 284 g/mol. The largest absolute Gasteiger partial charge is 0.335 e. The Morgan fingerprint density at radius 2 is 2.44 bits per heavy atom. The van der Waals surface area contributed by atoms with Gasteiger partial charge >= 0.3 is 0 Å². The molecule has 2 aromatic heterocycles. The Morgan fingerprint density at radius 3 is 3.06 bits per heavy atom. The maximum Gasteiger partial charge on any atom is 0.110 e. The van der Waals surface area contributed by atoms with Gasteiger partial charge in [-0.2, -0.15) is 0 Å². The first-order chi connectivity index (χ1) is 8.76. The predicted octanol–water partition coefficient (Wildman–Crippen LogP) is 2.76. The molecule has 6 heteroatoms. The third kappa shape index (κ3) is 2.92. The number of nitrogens with one attached hydrogen (secondary N) is 1. The number of nitrogens with two attached hydrogens (primary N) is 1. The van der Waals surface area contributed by atoms with Crippen LogP contribution < -0.4 is 11.3 Å². The summed E-state index contributed by atoms with van der Waals surface area (Å²) in [6.07, 6.45) is 5.66. The summed E-state index contributed by atoms with van der Waals surface area (Å²) in [5.41, 5.74) is 2.83. The summed E-state index contributed by atoms with van der Waals surface area (Å²) in [7, 11) is 0. The Labute approximate surface area is 116 Å². The van der Waals surface area contributed by atoms with E-state index in [-0.39, 0.29) is 6.04 Å². The van der Waals surface area contributed by atoms with Gasteiger partial charge in [0.1, 0.15) is 5.82 Å². The van der Waals surface area contributed by atoms with Crippen LogP contribution in [0.15, 0.2) is 23.8 Å². The first-order valence-corrected chi connectivity index (χ1v) is 7.21. The van der Waals surface area contributed by atoms with Crippen molar-refractivity contribution in [3.05, 3.63) is 39.6 Å². The average Bonchev–Trinajstić information content (AvgIpc) is 2.96. The quantitative estimate of drug-likeness (QED) is 0.633. The van der Waals surface area contributed by atoms with Crippen molar-refractivity contribution in [3.63, 3.8) is 0 Å². The first-order valence-electron chi connectivity index (χ1n) is 5.95. The Bertz CT molecular complexity index is 494. The van der Waals surface area contributed by atoms with Gasteiger partial charge in [-0.3, -0.25) is 11.3 Å². The van der Waals surface area contributed by atoms with Gasteiger partial charge in [0, 0.05) is 30.2 Å². The smallest absolute Gasteiger partial charge is 0.110 e. The molecule has 3 N–H and O–H groups in total. The Morgan fingerprint density at radius 1 is 1.61 bits per heavy atom. The Kier molecular flexibility index (Phi) is 4.77. The number of rotatable bonds is 6. The molecule has 0 spiro atoms. The van der Waals surface area contributed by atoms with Gasteiger partial charge in [-0.15, -0.1) is 11.3 Å². The van der Waals surface area contributed by atoms with E-state index in [9.17, 15) is 0 Å². The summed E-state index contributed by atoms with van der Waals surface area (Å²) in [6, 6.07) is 1.90. The van der Waals surface area contributed by atoms with Gasteiger partial charge < -0.3 is 4.57 Å². The van der Waals surface area contributed by atoms with Crippen LogP contribution in [0.2, 0.25) is 5.02 Å². The Hall–Kier alpha value is -0.880. The third-order valence-corrected chi connectivity index (χ3v) is 4.29. The zero-order valence-corrected chi connectivity index (χ0v) is 11.8. The topological polar surface area (TPSA) is 55.9 Å². The van der Waals surface area contributed by atoms with Crippen LogP contribution in [0.1, 0.15) is 30.1 Å². The summed E-state index contributed by atoms with van der Waals surface area (Å²) in [5.74, 6) is 6.67. The average molecular weight is 285 g/mol. The molecule has 0 aliphatic carbocycles. The molecule has 1 unspecified atom stereocenters. The minimum absolute atomic E-state index is 0.00973. The molecule has 0 aliphatic heterocycles. The molecule has 0 bridgehead atoms. The molecule has 2 aromatic rings. The second-order valence-corrected chi connectivity index (χ2v) is 5.45. The minimum atomic E-state index is 0.00973. The molecule has 0 aliphatic rings. The molecule has 0 radical (unpaired) electrons. The second-order valence-electron chi connectivity index (χ2n) is 4.09. The summed E-state index contributed by atoms with van der Waals surface area (Å²) in [6.45, 7) is 3.13. The van der Waals surface area contributed by atoms with Gasteiger partial charge in [0.05, 0.1) is 11.1 Å². The molecular formula is C12H17ClN4S. The van der Waals surface area contributed by atoms with Crippen LogP contribution in [0.25, 0.3) is 0 Å². The summed E-state index contributed by atoms with van der Waals surface area (Å²) >= 11 is 7.75. The fourth-order valence-corrected chi connectivity index (χ4v) is 3.19. The fraction of sp³-hybridized carbons (Fsp3) is 0.417. The number of nitrogens with zero attached hydrogens (tertiary/aromatic N) is 2. The number of imidazole rings is 1. The third-order valence-electron chi connectivity index (χ3n) is 2.82. The van der Waals surface area contributed by atoms with E-state index >= 15 is 0 Å². The van der Waals surface area contributed by atoms with Crippen LogP contribution in [0.3, 0.4) is 0 Å². The molecule has 0 saturated heterocycles. The van der Waals surface area contributed by atoms with Crippen LogP contribution >= 0.6 is 22.9 Å². The van der Waals surface area contributed by atoms with Crippen molar-refractivity contribution in [3.8, 4) is 0 Å². The van der Waals surface area contributed by atoms with Crippen molar-refractivity contribution >= 4 is 22.9 Å². The van der Waals surface area contributed by atoms with Crippen LogP contribution in [0, 0.1) is 0 Å². The van der Waals surface area contributed by atoms with Crippen molar-refractivity contribution in [2.24, 2.45) is 5.84 Å². The normalized spacial score (nSPS) is 12.8. The van der Waals surface area contributed by atoms with E-state index in [0.717, 1.165) is 35.1 Å². The summed E-state index contributed by atoms with van der Waals surface area (Å²) in [4.78, 5) is 5.45. The highest BCUT2D eigenvalue weighted by Crippen LogP contribution is 2.30. The predicted molar refractivity (Wildman–Crippen MR) is 75.6 cm³/mol. The molecule has 1 atom stereocenters. The lowest BCUT2D eigenvalue weighted by atomic mass is 10.1. The standard InChI is InChI=1S/C12H17ClN4S/c1-2-5-17-6-4-15-11(17)8-10(16-14)12-9(13)3-7-18-12/h3-4,6-7,10,16H,2,5,8,14H2,1H3. The molecule has 2 heterocycles. The van der Waals surface area contributed by atoms with Gasteiger partial charge in [0.25, 0.3) is 0 Å². The molecular weight excluding hydrogens is 268 g/mol. The lowest BCUT2D eigenvalue weighted by Crippen LogP contribution is -2.30. The lowest BCUT2D eigenvalue weighted by Gasteiger charge is -2.15. The molecule has 18 heavy (non-hydrogen) atoms. The molecule has 0 fully saturated rings. The van der Waals surface area contributed by atoms with E-state index in [0.29, 0.717) is 0 Å². The maximum absolute atomic E-state index is 6.14. The van der Waals surface area contributed by atoms with E-state index in [1.165, 1.54) is 0 Å². The van der Waals surface area contributed by atoms with Crippen molar-refractivity contribution in [2.75, 3.05) is 0 Å². The molecule has 0 amide bonds. The minimum Gasteiger partial charge on any atom is -0.335 e. The van der Waals surface area contributed by atoms with Crippen LogP contribution in [0.4, 0.5) is 0 Å². The highest BCUT2D eigenvalue weighted by Gasteiger charge is 2.17. The van der Waals surface area contributed by atoms with E-state index in [1.807, 2.05) is 23.8 Å². The van der Waals surface area contributed by atoms with E-state index in [4.69, 9.17) is 17.4 Å². The molecule has 4 nitrogen and oxygen atoms in total. The highest BCUT2D eigenvalue weighted by molar-refractivity contribution is 7.10. The maximum atomic E-state index is 6.14. The molecule has 0 saturated carbocycles. The van der Waals surface area contributed by atoms with Crippen molar-refractivity contribution in [2.45, 2.75) is 32.4 Å². The van der Waals surface area contributed by atoms with Gasteiger partial charge in [-0.25, -0.2) is 4.98 Å². The number of hydrogen-bond acceptors (Lipinski definition) is 4. The van der Waals surface area contributed by atoms with Gasteiger partial charge in [0.2, 0.25) is 0 Å². The van der Waals surface area contributed by atoms with Gasteiger partial charge in [-0.05, 0) is 17.9 Å². The van der Waals surface area contributed by atoms with Crippen LogP contribution in [0.5, 0.6) is 0 Å². The fourth-order valence-electron chi connectivity index (χ4n) is 1.94. The number of hydrogen-bond donors (Lipinski definition) is 2. The number of aryl methyl sites for hydroxylation is 1. The first kappa shape index (κ1) is 13.5. The number of hydrazine groups is 1. The van der Waals surface area contributed by atoms with Crippen molar-refractivity contribution in [1.82, 2.24) is 15.0 Å². The molecule has 2 rings (SSSR count). The molecule has 98 valence electrons. The van der Waals surface area contributed by atoms with Crippen molar-refractivity contribution in [1.29, 1.82) is 0 Å². The SMILES string of the molecule is CCCn1ccnc1CC(NN)c1sccc1Cl. The van der Waals surface area contributed by atoms with E-state index in [1.54, 1.807) is 11.3 Å². The summed E-state index contributed by atoms with van der Waals surface area (Å²) < 4.78 is 2.16. The van der Waals surface area contributed by atoms with Crippen LogP contribution in [-0.4, -0.2) is 9.55 Å². The van der Waals surface area contributed by atoms with Gasteiger partial charge in [-0.1, -0.05) is 18.5 Å². The van der Waals surface area contributed by atoms with Crippen LogP contribution in [-0.2, 0) is 13.0 Å². The number of thiophene rings is 1. The zero-order valence-electron chi connectivity index (χ0n) is 10.3.